The van der Waals surface area contributed by atoms with Crippen molar-refractivity contribution in [2.75, 3.05) is 9.80 Å². The molecular formula is C38H25BN2O. The Hall–Kier alpha value is -5.48. The molecule has 3 heterocycles. The molecule has 42 heavy (non-hydrogen) atoms. The van der Waals surface area contributed by atoms with Crippen molar-refractivity contribution in [3.05, 3.63) is 152 Å². The van der Waals surface area contributed by atoms with Gasteiger partial charge in [-0.25, -0.2) is 0 Å². The van der Waals surface area contributed by atoms with Gasteiger partial charge in [-0.3, -0.25) is 0 Å². The predicted octanol–water partition coefficient (Wildman–Crippen LogP) is 8.18. The van der Waals surface area contributed by atoms with Crippen LogP contribution in [0.5, 0.6) is 0 Å². The van der Waals surface area contributed by atoms with Gasteiger partial charge in [-0.05, 0) is 76.6 Å². The lowest BCUT2D eigenvalue weighted by Crippen LogP contribution is -2.60. The summed E-state index contributed by atoms with van der Waals surface area (Å²) >= 11 is 0. The molecule has 1 aromatic heterocycles. The van der Waals surface area contributed by atoms with Crippen molar-refractivity contribution in [1.29, 1.82) is 0 Å². The lowest BCUT2D eigenvalue weighted by atomic mass is 9.35. The van der Waals surface area contributed by atoms with Crippen LogP contribution >= 0.6 is 0 Å². The number of nitrogens with zero attached hydrogens (tertiary/aromatic N) is 2. The lowest BCUT2D eigenvalue weighted by Gasteiger charge is -2.42. The minimum Gasteiger partial charge on any atom is -0.468 e. The fourth-order valence-electron chi connectivity index (χ4n) is 6.90. The zero-order chi connectivity index (χ0) is 27.6. The largest absolute Gasteiger partial charge is 0.468 e. The summed E-state index contributed by atoms with van der Waals surface area (Å²) in [6, 6.07) is 54.0. The van der Waals surface area contributed by atoms with Crippen LogP contribution in [0.2, 0.25) is 0 Å². The van der Waals surface area contributed by atoms with E-state index in [0.29, 0.717) is 0 Å². The molecule has 0 aliphatic carbocycles. The van der Waals surface area contributed by atoms with E-state index in [1.807, 2.05) is 0 Å². The molecule has 0 atom stereocenters. The molecule has 0 amide bonds. The summed E-state index contributed by atoms with van der Waals surface area (Å²) in [4.78, 5) is 4.82. The Kier molecular flexibility index (Phi) is 4.99. The first kappa shape index (κ1) is 23.3. The number of para-hydroxylation sites is 3. The van der Waals surface area contributed by atoms with Crippen LogP contribution in [0.4, 0.5) is 34.1 Å². The molecule has 0 N–H and O–H groups in total. The molecular weight excluding hydrogens is 511 g/mol. The van der Waals surface area contributed by atoms with Crippen LogP contribution in [-0.4, -0.2) is 6.71 Å². The number of anilines is 6. The van der Waals surface area contributed by atoms with Crippen LogP contribution in [0.3, 0.4) is 0 Å². The maximum absolute atomic E-state index is 6.84. The van der Waals surface area contributed by atoms with Gasteiger partial charge in [0.05, 0.1) is 11.3 Å². The third-order valence-corrected chi connectivity index (χ3v) is 8.63. The van der Waals surface area contributed by atoms with Gasteiger partial charge in [-0.1, -0.05) is 97.1 Å². The molecule has 0 fully saturated rings. The summed E-state index contributed by atoms with van der Waals surface area (Å²) in [6.45, 7) is -0.0247. The van der Waals surface area contributed by atoms with Crippen LogP contribution in [0.25, 0.3) is 22.1 Å². The highest BCUT2D eigenvalue weighted by Crippen LogP contribution is 2.46. The number of furan rings is 1. The molecule has 0 unspecified atom stereocenters. The monoisotopic (exact) mass is 536 g/mol. The Balaban J connectivity index is 1.36. The van der Waals surface area contributed by atoms with Gasteiger partial charge in [0.2, 0.25) is 0 Å². The van der Waals surface area contributed by atoms with Gasteiger partial charge in [0.25, 0.3) is 6.71 Å². The Morgan fingerprint density at radius 3 is 1.95 bits per heavy atom. The van der Waals surface area contributed by atoms with E-state index in [0.717, 1.165) is 33.7 Å². The SMILES string of the molecule is c1ccc(-c2cccc(N3c4cccc5c4B(c4ccccc4N5c4ccccc4)c4oc5ccccc5c43)c2)cc1. The van der Waals surface area contributed by atoms with Gasteiger partial charge >= 0.3 is 0 Å². The number of hydrogen-bond acceptors (Lipinski definition) is 3. The third-order valence-electron chi connectivity index (χ3n) is 8.63. The van der Waals surface area contributed by atoms with E-state index in [-0.39, 0.29) is 6.71 Å². The topological polar surface area (TPSA) is 19.6 Å². The number of fused-ring (bicyclic) bond motifs is 6. The summed E-state index contributed by atoms with van der Waals surface area (Å²) in [7, 11) is 0. The summed E-state index contributed by atoms with van der Waals surface area (Å²) < 4.78 is 6.84. The van der Waals surface area contributed by atoms with Crippen LogP contribution < -0.4 is 26.4 Å². The number of benzene rings is 6. The van der Waals surface area contributed by atoms with Crippen molar-refractivity contribution in [3.8, 4) is 11.1 Å². The maximum atomic E-state index is 6.84. The van der Waals surface area contributed by atoms with E-state index in [9.17, 15) is 0 Å². The molecule has 2 aliphatic rings. The van der Waals surface area contributed by atoms with Crippen molar-refractivity contribution in [3.63, 3.8) is 0 Å². The lowest BCUT2D eigenvalue weighted by molar-refractivity contribution is 0.651. The molecule has 0 bridgehead atoms. The molecule has 9 rings (SSSR count). The van der Waals surface area contributed by atoms with Crippen molar-refractivity contribution in [2.45, 2.75) is 0 Å². The quantitative estimate of drug-likeness (QED) is 0.212. The maximum Gasteiger partial charge on any atom is 0.297 e. The van der Waals surface area contributed by atoms with Gasteiger partial charge < -0.3 is 14.2 Å². The van der Waals surface area contributed by atoms with Crippen LogP contribution in [0.15, 0.2) is 156 Å². The van der Waals surface area contributed by atoms with E-state index in [1.54, 1.807) is 0 Å². The van der Waals surface area contributed by atoms with Gasteiger partial charge in [0.1, 0.15) is 5.58 Å². The Morgan fingerprint density at radius 1 is 0.476 bits per heavy atom. The van der Waals surface area contributed by atoms with E-state index >= 15 is 0 Å². The molecule has 2 aliphatic heterocycles. The summed E-state index contributed by atoms with van der Waals surface area (Å²) in [6.07, 6.45) is 0. The third kappa shape index (κ3) is 3.29. The predicted molar refractivity (Wildman–Crippen MR) is 176 cm³/mol. The Labute approximate surface area is 245 Å². The summed E-state index contributed by atoms with van der Waals surface area (Å²) in [5.74, 6) is 0. The van der Waals surface area contributed by atoms with E-state index < -0.39 is 0 Å². The smallest absolute Gasteiger partial charge is 0.297 e. The van der Waals surface area contributed by atoms with Crippen LogP contribution in [0.1, 0.15) is 0 Å². The minimum atomic E-state index is -0.0247. The van der Waals surface area contributed by atoms with Crippen LogP contribution in [0, 0.1) is 0 Å². The van der Waals surface area contributed by atoms with Crippen molar-refractivity contribution < 1.29 is 4.42 Å². The highest BCUT2D eigenvalue weighted by Gasteiger charge is 2.46. The van der Waals surface area contributed by atoms with E-state index in [4.69, 9.17) is 4.42 Å². The first-order chi connectivity index (χ1) is 20.9. The van der Waals surface area contributed by atoms with Gasteiger partial charge in [0.15, 0.2) is 0 Å². The fraction of sp³-hybridized carbons (Fsp3) is 0. The molecule has 7 aromatic rings. The average Bonchev–Trinajstić information content (AvgIpc) is 3.45. The highest BCUT2D eigenvalue weighted by atomic mass is 16.3. The molecule has 0 saturated carbocycles. The number of rotatable bonds is 3. The highest BCUT2D eigenvalue weighted by molar-refractivity contribution is 6.99. The first-order valence-electron chi connectivity index (χ1n) is 14.4. The minimum absolute atomic E-state index is 0.0247. The standard InChI is InChI=1S/C38H25BN2O/c1-3-13-26(14-4-1)27-15-11-18-29(25-27)41-34-23-12-22-33-36(34)39(38-37(41)30-19-7-10-24-35(30)42-38)31-20-8-9-21-32(31)40(33)28-16-5-2-6-17-28/h1-25H. The second-order valence-electron chi connectivity index (χ2n) is 10.9. The van der Waals surface area contributed by atoms with Crippen molar-refractivity contribution in [1.82, 2.24) is 0 Å². The van der Waals surface area contributed by atoms with Gasteiger partial charge in [-0.2, -0.15) is 0 Å². The average molecular weight is 536 g/mol. The van der Waals surface area contributed by atoms with Gasteiger partial charge in [0, 0.05) is 33.8 Å². The molecule has 0 spiro atoms. The molecule has 3 nitrogen and oxygen atoms in total. The number of hydrogen-bond donors (Lipinski definition) is 0. The normalized spacial score (nSPS) is 13.1. The molecule has 0 radical (unpaired) electrons. The summed E-state index contributed by atoms with van der Waals surface area (Å²) in [5.41, 5.74) is 13.7. The molecule has 4 heteroatoms. The first-order valence-corrected chi connectivity index (χ1v) is 14.4. The van der Waals surface area contributed by atoms with E-state index in [1.165, 1.54) is 39.1 Å². The molecule has 6 aromatic carbocycles. The van der Waals surface area contributed by atoms with Gasteiger partial charge in [-0.15, -0.1) is 0 Å². The van der Waals surface area contributed by atoms with E-state index in [2.05, 4.69) is 161 Å². The Morgan fingerprint density at radius 2 is 1.10 bits per heavy atom. The fourth-order valence-corrected chi connectivity index (χ4v) is 6.90. The molecule has 0 saturated heterocycles. The van der Waals surface area contributed by atoms with Crippen LogP contribution in [-0.2, 0) is 0 Å². The summed E-state index contributed by atoms with van der Waals surface area (Å²) in [5, 5.41) is 1.12. The Bertz CT molecular complexity index is 2120. The molecule has 196 valence electrons. The van der Waals surface area contributed by atoms with Crippen molar-refractivity contribution in [2.24, 2.45) is 0 Å². The zero-order valence-corrected chi connectivity index (χ0v) is 22.8. The second kappa shape index (κ2) is 9.02. The zero-order valence-electron chi connectivity index (χ0n) is 22.8. The van der Waals surface area contributed by atoms with Crippen molar-refractivity contribution >= 4 is 68.4 Å². The second-order valence-corrected chi connectivity index (χ2v) is 10.9.